The molecule has 0 heterocycles. The summed E-state index contributed by atoms with van der Waals surface area (Å²) in [5.41, 5.74) is 1.30. The molecule has 0 radical (unpaired) electrons. The predicted octanol–water partition coefficient (Wildman–Crippen LogP) is 3.14. The zero-order valence-corrected chi connectivity index (χ0v) is 10.1. The number of hydrogen-bond donors (Lipinski definition) is 1. The molecule has 2 nitrogen and oxygen atoms in total. The lowest BCUT2D eigenvalue weighted by atomic mass is 10.1. The summed E-state index contributed by atoms with van der Waals surface area (Å²) in [5.74, 6) is 0.912. The summed E-state index contributed by atoms with van der Waals surface area (Å²) in [5, 5.41) is 3.54. The van der Waals surface area contributed by atoms with Crippen LogP contribution in [0.2, 0.25) is 0 Å². The molecular weight excluding hydrogens is 186 g/mol. The van der Waals surface area contributed by atoms with Crippen molar-refractivity contribution in [1.82, 2.24) is 5.32 Å². The molecule has 84 valence electrons. The number of nitrogens with one attached hydrogen (secondary N) is 1. The van der Waals surface area contributed by atoms with Crippen LogP contribution in [0.3, 0.4) is 0 Å². The van der Waals surface area contributed by atoms with Crippen LogP contribution >= 0.6 is 0 Å². The van der Waals surface area contributed by atoms with Crippen LogP contribution in [-0.4, -0.2) is 13.2 Å². The normalized spacial score (nSPS) is 14.7. The lowest BCUT2D eigenvalue weighted by Gasteiger charge is -2.19. The van der Waals surface area contributed by atoms with E-state index in [1.54, 1.807) is 7.11 Å². The van der Waals surface area contributed by atoms with E-state index < -0.39 is 0 Å². The Morgan fingerprint density at radius 3 is 2.27 bits per heavy atom. The van der Waals surface area contributed by atoms with Crippen molar-refractivity contribution in [2.75, 3.05) is 7.11 Å². The van der Waals surface area contributed by atoms with Crippen LogP contribution < -0.4 is 10.1 Å². The molecule has 0 fully saturated rings. The average molecular weight is 207 g/mol. The molecule has 15 heavy (non-hydrogen) atoms. The Balaban J connectivity index is 2.61. The van der Waals surface area contributed by atoms with Gasteiger partial charge in [-0.3, -0.25) is 0 Å². The topological polar surface area (TPSA) is 21.3 Å². The van der Waals surface area contributed by atoms with Crippen molar-refractivity contribution in [2.24, 2.45) is 0 Å². The van der Waals surface area contributed by atoms with Crippen molar-refractivity contribution in [3.05, 3.63) is 29.8 Å². The first-order chi connectivity index (χ1) is 7.17. The van der Waals surface area contributed by atoms with E-state index >= 15 is 0 Å². The van der Waals surface area contributed by atoms with Gasteiger partial charge in [0.25, 0.3) is 0 Å². The molecule has 0 aliphatic heterocycles. The summed E-state index contributed by atoms with van der Waals surface area (Å²) >= 11 is 0. The second kappa shape index (κ2) is 5.76. The highest BCUT2D eigenvalue weighted by molar-refractivity contribution is 5.28. The van der Waals surface area contributed by atoms with E-state index in [1.165, 1.54) is 5.56 Å². The minimum absolute atomic E-state index is 0.394. The van der Waals surface area contributed by atoms with Gasteiger partial charge in [-0.15, -0.1) is 0 Å². The van der Waals surface area contributed by atoms with Crippen molar-refractivity contribution in [3.63, 3.8) is 0 Å². The number of hydrogen-bond acceptors (Lipinski definition) is 2. The standard InChI is InChI=1S/C13H21NO/c1-5-10(2)14-11(3)12-6-8-13(15-4)9-7-12/h6-11,14H,5H2,1-4H3. The second-order valence-electron chi connectivity index (χ2n) is 3.97. The van der Waals surface area contributed by atoms with Gasteiger partial charge in [0.1, 0.15) is 5.75 Å². The van der Waals surface area contributed by atoms with Gasteiger partial charge in [-0.25, -0.2) is 0 Å². The van der Waals surface area contributed by atoms with Gasteiger partial charge < -0.3 is 10.1 Å². The van der Waals surface area contributed by atoms with Crippen molar-refractivity contribution >= 4 is 0 Å². The quantitative estimate of drug-likeness (QED) is 0.801. The summed E-state index contributed by atoms with van der Waals surface area (Å²) in [6.07, 6.45) is 1.15. The highest BCUT2D eigenvalue weighted by Crippen LogP contribution is 2.17. The summed E-state index contributed by atoms with van der Waals surface area (Å²) in [4.78, 5) is 0. The highest BCUT2D eigenvalue weighted by atomic mass is 16.5. The van der Waals surface area contributed by atoms with Crippen molar-refractivity contribution in [1.29, 1.82) is 0 Å². The van der Waals surface area contributed by atoms with E-state index in [-0.39, 0.29) is 0 Å². The predicted molar refractivity (Wildman–Crippen MR) is 64.3 cm³/mol. The largest absolute Gasteiger partial charge is 0.497 e. The molecule has 2 unspecified atom stereocenters. The molecule has 0 amide bonds. The molecule has 2 atom stereocenters. The molecule has 1 rings (SSSR count). The Labute approximate surface area is 92.6 Å². The molecule has 0 spiro atoms. The average Bonchev–Trinajstić information content (AvgIpc) is 2.29. The molecule has 0 saturated heterocycles. The van der Waals surface area contributed by atoms with Crippen molar-refractivity contribution in [3.8, 4) is 5.75 Å². The highest BCUT2D eigenvalue weighted by Gasteiger charge is 2.07. The van der Waals surface area contributed by atoms with Gasteiger partial charge in [-0.2, -0.15) is 0 Å². The summed E-state index contributed by atoms with van der Waals surface area (Å²) in [6, 6.07) is 9.18. The molecule has 0 aliphatic carbocycles. The van der Waals surface area contributed by atoms with Crippen molar-refractivity contribution < 1.29 is 4.74 Å². The Morgan fingerprint density at radius 2 is 1.80 bits per heavy atom. The van der Waals surface area contributed by atoms with Gasteiger partial charge in [-0.05, 0) is 38.0 Å². The van der Waals surface area contributed by atoms with Gasteiger partial charge in [0.15, 0.2) is 0 Å². The molecule has 1 aromatic carbocycles. The minimum atomic E-state index is 0.394. The first-order valence-corrected chi connectivity index (χ1v) is 5.57. The number of benzene rings is 1. The van der Waals surface area contributed by atoms with E-state index in [2.05, 4.69) is 38.2 Å². The zero-order valence-electron chi connectivity index (χ0n) is 10.1. The molecule has 0 bridgehead atoms. The second-order valence-corrected chi connectivity index (χ2v) is 3.97. The van der Waals surface area contributed by atoms with Crippen LogP contribution in [0.4, 0.5) is 0 Å². The van der Waals surface area contributed by atoms with Gasteiger partial charge in [0.2, 0.25) is 0 Å². The third-order valence-corrected chi connectivity index (χ3v) is 2.76. The summed E-state index contributed by atoms with van der Waals surface area (Å²) < 4.78 is 5.13. The van der Waals surface area contributed by atoms with Crippen LogP contribution in [0.5, 0.6) is 5.75 Å². The Kier molecular flexibility index (Phi) is 4.63. The third kappa shape index (κ3) is 3.56. The maximum absolute atomic E-state index is 5.13. The zero-order chi connectivity index (χ0) is 11.3. The van der Waals surface area contributed by atoms with E-state index in [9.17, 15) is 0 Å². The van der Waals surface area contributed by atoms with Crippen molar-refractivity contribution in [2.45, 2.75) is 39.3 Å². The van der Waals surface area contributed by atoms with E-state index in [0.717, 1.165) is 12.2 Å². The van der Waals surface area contributed by atoms with Gasteiger partial charge in [-0.1, -0.05) is 19.1 Å². The minimum Gasteiger partial charge on any atom is -0.497 e. The molecule has 0 aromatic heterocycles. The first kappa shape index (κ1) is 12.1. The number of rotatable bonds is 5. The molecule has 1 aromatic rings. The van der Waals surface area contributed by atoms with E-state index in [4.69, 9.17) is 4.74 Å². The lowest BCUT2D eigenvalue weighted by Crippen LogP contribution is -2.28. The van der Waals surface area contributed by atoms with Gasteiger partial charge in [0.05, 0.1) is 7.11 Å². The van der Waals surface area contributed by atoms with Crippen LogP contribution in [-0.2, 0) is 0 Å². The SMILES string of the molecule is CCC(C)NC(C)c1ccc(OC)cc1. The molecule has 1 N–H and O–H groups in total. The Bertz CT molecular complexity index is 281. The molecule has 2 heteroatoms. The summed E-state index contributed by atoms with van der Waals surface area (Å²) in [6.45, 7) is 6.59. The van der Waals surface area contributed by atoms with Crippen LogP contribution in [0.15, 0.2) is 24.3 Å². The van der Waals surface area contributed by atoms with Gasteiger partial charge in [0, 0.05) is 12.1 Å². The Hall–Kier alpha value is -1.02. The third-order valence-electron chi connectivity index (χ3n) is 2.76. The molecule has 0 aliphatic rings. The van der Waals surface area contributed by atoms with E-state index in [0.29, 0.717) is 12.1 Å². The number of ether oxygens (including phenoxy) is 1. The Morgan fingerprint density at radius 1 is 1.20 bits per heavy atom. The first-order valence-electron chi connectivity index (χ1n) is 5.57. The fourth-order valence-electron chi connectivity index (χ4n) is 1.53. The fourth-order valence-corrected chi connectivity index (χ4v) is 1.53. The monoisotopic (exact) mass is 207 g/mol. The smallest absolute Gasteiger partial charge is 0.118 e. The van der Waals surface area contributed by atoms with Crippen LogP contribution in [0, 0.1) is 0 Å². The van der Waals surface area contributed by atoms with Crippen LogP contribution in [0.1, 0.15) is 38.8 Å². The molecular formula is C13H21NO. The fraction of sp³-hybridized carbons (Fsp3) is 0.538. The molecule has 0 saturated carbocycles. The number of methoxy groups -OCH3 is 1. The van der Waals surface area contributed by atoms with E-state index in [1.807, 2.05) is 12.1 Å². The van der Waals surface area contributed by atoms with Crippen LogP contribution in [0.25, 0.3) is 0 Å². The summed E-state index contributed by atoms with van der Waals surface area (Å²) in [7, 11) is 1.69. The maximum atomic E-state index is 5.13. The lowest BCUT2D eigenvalue weighted by molar-refractivity contribution is 0.414. The maximum Gasteiger partial charge on any atom is 0.118 e. The van der Waals surface area contributed by atoms with Gasteiger partial charge >= 0.3 is 0 Å².